The van der Waals surface area contributed by atoms with Gasteiger partial charge in [0, 0.05) is 19.2 Å². The lowest BCUT2D eigenvalue weighted by Crippen LogP contribution is -2.43. The summed E-state index contributed by atoms with van der Waals surface area (Å²) in [5, 5.41) is 8.94. The Hall–Kier alpha value is -0.770. The molecule has 0 aromatic carbocycles. The largest absolute Gasteiger partial charge is 0.444 e. The summed E-state index contributed by atoms with van der Waals surface area (Å²) in [6.45, 7) is 6.66. The van der Waals surface area contributed by atoms with Crippen LogP contribution in [0, 0.1) is 0 Å². The van der Waals surface area contributed by atoms with Gasteiger partial charge in [0.25, 0.3) is 0 Å². The van der Waals surface area contributed by atoms with Gasteiger partial charge >= 0.3 is 6.09 Å². The Labute approximate surface area is 110 Å². The molecule has 1 unspecified atom stereocenters. The first-order valence-electron chi connectivity index (χ1n) is 7.04. The number of amides is 1. The minimum atomic E-state index is -0.440. The maximum Gasteiger partial charge on any atom is 0.410 e. The lowest BCUT2D eigenvalue weighted by Gasteiger charge is -2.32. The van der Waals surface area contributed by atoms with Gasteiger partial charge in [-0.25, -0.2) is 4.79 Å². The summed E-state index contributed by atoms with van der Waals surface area (Å²) >= 11 is 0. The summed E-state index contributed by atoms with van der Waals surface area (Å²) in [6.07, 6.45) is 5.84. The SMILES string of the molecule is CC(C)(C)OC(=O)N1CCCCCC1CCCO. The van der Waals surface area contributed by atoms with E-state index in [1.165, 1.54) is 6.42 Å². The van der Waals surface area contributed by atoms with E-state index in [1.807, 2.05) is 25.7 Å². The molecule has 106 valence electrons. The van der Waals surface area contributed by atoms with E-state index in [0.29, 0.717) is 0 Å². The molecule has 1 aliphatic rings. The average molecular weight is 257 g/mol. The quantitative estimate of drug-likeness (QED) is 0.845. The standard InChI is InChI=1S/C14H27NO3/c1-14(2,3)18-13(17)15-10-6-4-5-8-12(15)9-7-11-16/h12,16H,4-11H2,1-3H3. The molecule has 1 aliphatic heterocycles. The molecule has 0 bridgehead atoms. The lowest BCUT2D eigenvalue weighted by molar-refractivity contribution is 0.0152. The molecule has 1 heterocycles. The second-order valence-corrected chi connectivity index (χ2v) is 6.04. The summed E-state index contributed by atoms with van der Waals surface area (Å²) < 4.78 is 5.47. The average Bonchev–Trinajstić information content (AvgIpc) is 2.48. The monoisotopic (exact) mass is 257 g/mol. The predicted molar refractivity (Wildman–Crippen MR) is 71.5 cm³/mol. The highest BCUT2D eigenvalue weighted by Gasteiger charge is 2.28. The van der Waals surface area contributed by atoms with Crippen LogP contribution in [0.15, 0.2) is 0 Å². The fraction of sp³-hybridized carbons (Fsp3) is 0.929. The Morgan fingerprint density at radius 2 is 2.06 bits per heavy atom. The Morgan fingerprint density at radius 1 is 1.33 bits per heavy atom. The highest BCUT2D eigenvalue weighted by Crippen LogP contribution is 2.22. The number of nitrogens with zero attached hydrogens (tertiary/aromatic N) is 1. The maximum absolute atomic E-state index is 12.2. The smallest absolute Gasteiger partial charge is 0.410 e. The van der Waals surface area contributed by atoms with Gasteiger partial charge in [-0.2, -0.15) is 0 Å². The number of aliphatic hydroxyl groups is 1. The molecule has 1 rings (SSSR count). The van der Waals surface area contributed by atoms with Crippen molar-refractivity contribution in [2.45, 2.75) is 70.9 Å². The molecular weight excluding hydrogens is 230 g/mol. The zero-order valence-corrected chi connectivity index (χ0v) is 11.9. The third-order valence-electron chi connectivity index (χ3n) is 3.20. The molecule has 1 saturated heterocycles. The number of likely N-dealkylation sites (tertiary alicyclic amines) is 1. The van der Waals surface area contributed by atoms with Crippen LogP contribution >= 0.6 is 0 Å². The van der Waals surface area contributed by atoms with E-state index in [0.717, 1.165) is 38.6 Å². The van der Waals surface area contributed by atoms with Gasteiger partial charge in [0.15, 0.2) is 0 Å². The lowest BCUT2D eigenvalue weighted by atomic mass is 10.1. The molecule has 1 atom stereocenters. The van der Waals surface area contributed by atoms with Crippen molar-refractivity contribution in [3.05, 3.63) is 0 Å². The molecule has 0 radical (unpaired) electrons. The third-order valence-corrected chi connectivity index (χ3v) is 3.20. The van der Waals surface area contributed by atoms with E-state index >= 15 is 0 Å². The Morgan fingerprint density at radius 3 is 2.67 bits per heavy atom. The fourth-order valence-corrected chi connectivity index (χ4v) is 2.37. The van der Waals surface area contributed by atoms with Crippen molar-refractivity contribution in [3.8, 4) is 0 Å². The molecule has 1 amide bonds. The third kappa shape index (κ3) is 5.25. The molecule has 0 spiro atoms. The van der Waals surface area contributed by atoms with Crippen LogP contribution in [0.1, 0.15) is 59.3 Å². The summed E-state index contributed by atoms with van der Waals surface area (Å²) in [4.78, 5) is 14.1. The summed E-state index contributed by atoms with van der Waals surface area (Å²) in [6, 6.07) is 0.231. The summed E-state index contributed by atoms with van der Waals surface area (Å²) in [5.41, 5.74) is -0.440. The van der Waals surface area contributed by atoms with Gasteiger partial charge in [-0.1, -0.05) is 12.8 Å². The van der Waals surface area contributed by atoms with Crippen LogP contribution in [0.5, 0.6) is 0 Å². The van der Waals surface area contributed by atoms with Crippen LogP contribution in [-0.2, 0) is 4.74 Å². The van der Waals surface area contributed by atoms with E-state index in [2.05, 4.69) is 0 Å². The van der Waals surface area contributed by atoms with Gasteiger partial charge in [0.2, 0.25) is 0 Å². The second kappa shape index (κ2) is 6.98. The van der Waals surface area contributed by atoms with Crippen molar-refractivity contribution in [2.24, 2.45) is 0 Å². The number of carbonyl (C=O) groups is 1. The van der Waals surface area contributed by atoms with Crippen LogP contribution in [-0.4, -0.2) is 40.9 Å². The molecule has 4 nitrogen and oxygen atoms in total. The minimum absolute atomic E-state index is 0.193. The van der Waals surface area contributed by atoms with Crippen LogP contribution in [0.4, 0.5) is 4.79 Å². The minimum Gasteiger partial charge on any atom is -0.444 e. The number of ether oxygens (including phenoxy) is 1. The van der Waals surface area contributed by atoms with E-state index in [1.54, 1.807) is 0 Å². The Kier molecular flexibility index (Phi) is 5.93. The number of carbonyl (C=O) groups excluding carboxylic acids is 1. The van der Waals surface area contributed by atoms with Crippen molar-refractivity contribution in [2.75, 3.05) is 13.2 Å². The predicted octanol–water partition coefficient (Wildman–Crippen LogP) is 2.94. The van der Waals surface area contributed by atoms with E-state index < -0.39 is 5.60 Å². The summed E-state index contributed by atoms with van der Waals surface area (Å²) in [5.74, 6) is 0. The van der Waals surface area contributed by atoms with E-state index in [4.69, 9.17) is 9.84 Å². The second-order valence-electron chi connectivity index (χ2n) is 6.04. The maximum atomic E-state index is 12.2. The zero-order valence-electron chi connectivity index (χ0n) is 11.9. The highest BCUT2D eigenvalue weighted by atomic mass is 16.6. The topological polar surface area (TPSA) is 49.8 Å². The molecule has 0 saturated carbocycles. The molecule has 0 aromatic heterocycles. The van der Waals surface area contributed by atoms with E-state index in [-0.39, 0.29) is 18.7 Å². The summed E-state index contributed by atoms with van der Waals surface area (Å²) in [7, 11) is 0. The van der Waals surface area contributed by atoms with Crippen molar-refractivity contribution in [1.82, 2.24) is 4.90 Å². The number of hydrogen-bond acceptors (Lipinski definition) is 3. The van der Waals surface area contributed by atoms with Crippen LogP contribution in [0.2, 0.25) is 0 Å². The van der Waals surface area contributed by atoms with Crippen LogP contribution in [0.25, 0.3) is 0 Å². The molecule has 18 heavy (non-hydrogen) atoms. The molecule has 0 aromatic rings. The van der Waals surface area contributed by atoms with Gasteiger partial charge in [-0.15, -0.1) is 0 Å². The van der Waals surface area contributed by atoms with Gasteiger partial charge in [-0.3, -0.25) is 0 Å². The van der Waals surface area contributed by atoms with Crippen LogP contribution in [0.3, 0.4) is 0 Å². The highest BCUT2D eigenvalue weighted by molar-refractivity contribution is 5.68. The molecular formula is C14H27NO3. The number of hydrogen-bond donors (Lipinski definition) is 1. The zero-order chi connectivity index (χ0) is 13.6. The molecule has 0 aliphatic carbocycles. The molecule has 4 heteroatoms. The first kappa shape index (κ1) is 15.3. The first-order valence-corrected chi connectivity index (χ1v) is 7.04. The van der Waals surface area contributed by atoms with Crippen molar-refractivity contribution >= 4 is 6.09 Å². The number of rotatable bonds is 3. The van der Waals surface area contributed by atoms with Crippen LogP contribution < -0.4 is 0 Å². The molecule has 1 fully saturated rings. The van der Waals surface area contributed by atoms with Gasteiger partial charge in [0.05, 0.1) is 0 Å². The normalized spacial score (nSPS) is 21.6. The van der Waals surface area contributed by atoms with Crippen molar-refractivity contribution in [3.63, 3.8) is 0 Å². The van der Waals surface area contributed by atoms with Gasteiger partial charge < -0.3 is 14.7 Å². The van der Waals surface area contributed by atoms with Crippen molar-refractivity contribution in [1.29, 1.82) is 0 Å². The van der Waals surface area contributed by atoms with Crippen molar-refractivity contribution < 1.29 is 14.6 Å². The Balaban J connectivity index is 2.63. The Bertz CT molecular complexity index is 260. The van der Waals surface area contributed by atoms with Gasteiger partial charge in [-0.05, 0) is 46.5 Å². The van der Waals surface area contributed by atoms with E-state index in [9.17, 15) is 4.79 Å². The molecule has 1 N–H and O–H groups in total. The number of aliphatic hydroxyl groups excluding tert-OH is 1. The first-order chi connectivity index (χ1) is 8.44. The fourth-order valence-electron chi connectivity index (χ4n) is 2.37. The van der Waals surface area contributed by atoms with Gasteiger partial charge in [0.1, 0.15) is 5.60 Å².